The maximum Gasteiger partial charge on any atom is 0.281 e. The molecular weight excluding hydrogens is 330 g/mol. The Balaban J connectivity index is 1.69. The van der Waals surface area contributed by atoms with Crippen LogP contribution in [0.15, 0.2) is 12.3 Å². The van der Waals surface area contributed by atoms with E-state index in [9.17, 15) is 18.7 Å². The highest BCUT2D eigenvalue weighted by Crippen LogP contribution is 2.37. The second-order valence-corrected chi connectivity index (χ2v) is 7.03. The Morgan fingerprint density at radius 3 is 2.88 bits per heavy atom. The van der Waals surface area contributed by atoms with Crippen LogP contribution in [0.5, 0.6) is 0 Å². The second-order valence-electron chi connectivity index (χ2n) is 7.03. The summed E-state index contributed by atoms with van der Waals surface area (Å²) in [6.45, 7) is 0.920. The Morgan fingerprint density at radius 1 is 1.36 bits per heavy atom. The summed E-state index contributed by atoms with van der Waals surface area (Å²) in [7, 11) is 1.68. The number of carbonyl (C=O) groups is 1. The lowest BCUT2D eigenvalue weighted by molar-refractivity contribution is 0.0538. The molecule has 6 nitrogen and oxygen atoms in total. The van der Waals surface area contributed by atoms with Crippen LogP contribution in [0.4, 0.5) is 8.78 Å². The van der Waals surface area contributed by atoms with Gasteiger partial charge in [-0.1, -0.05) is 6.42 Å². The Kier molecular flexibility index (Phi) is 3.94. The van der Waals surface area contributed by atoms with Gasteiger partial charge < -0.3 is 10.0 Å². The molecule has 1 aliphatic heterocycles. The number of rotatable bonds is 2. The molecule has 1 N–H and O–H groups in total. The van der Waals surface area contributed by atoms with Crippen LogP contribution in [-0.2, 0) is 7.05 Å². The van der Waals surface area contributed by atoms with E-state index in [0.29, 0.717) is 24.1 Å². The SMILES string of the molecule is Cn1ncc2nc(C(F)F)c(C(=O)N3CC4CCCC(O)C4C3)cc21. The van der Waals surface area contributed by atoms with Crippen molar-refractivity contribution in [2.45, 2.75) is 31.8 Å². The smallest absolute Gasteiger partial charge is 0.281 e. The molecule has 2 aliphatic rings. The van der Waals surface area contributed by atoms with Crippen molar-refractivity contribution in [3.05, 3.63) is 23.5 Å². The summed E-state index contributed by atoms with van der Waals surface area (Å²) < 4.78 is 28.4. The molecule has 3 heterocycles. The first-order chi connectivity index (χ1) is 12.0. The van der Waals surface area contributed by atoms with Crippen molar-refractivity contribution in [3.8, 4) is 0 Å². The molecule has 1 aliphatic carbocycles. The standard InChI is InChI=1S/C17H20F2N4O2/c1-22-13-5-10(15(16(18)19)21-12(13)6-20-22)17(25)23-7-9-3-2-4-14(24)11(9)8-23/h5-6,9,11,14,16,24H,2-4,7-8H2,1H3. The van der Waals surface area contributed by atoms with Gasteiger partial charge >= 0.3 is 0 Å². The number of halogens is 2. The van der Waals surface area contributed by atoms with Gasteiger partial charge in [0, 0.05) is 26.1 Å². The maximum atomic E-state index is 13.5. The fourth-order valence-corrected chi connectivity index (χ4v) is 4.20. The lowest BCUT2D eigenvalue weighted by Gasteiger charge is -2.28. The lowest BCUT2D eigenvalue weighted by Crippen LogP contribution is -2.32. The van der Waals surface area contributed by atoms with Gasteiger partial charge in [-0.05, 0) is 24.8 Å². The molecule has 0 bridgehead atoms. The van der Waals surface area contributed by atoms with Crippen LogP contribution >= 0.6 is 0 Å². The molecule has 3 unspecified atom stereocenters. The number of carbonyl (C=O) groups excluding carboxylic acids is 1. The van der Waals surface area contributed by atoms with Crippen LogP contribution in [0.3, 0.4) is 0 Å². The molecule has 0 spiro atoms. The molecule has 4 rings (SSSR count). The number of likely N-dealkylation sites (tertiary alicyclic amines) is 1. The molecule has 2 aromatic heterocycles. The maximum absolute atomic E-state index is 13.5. The Labute approximate surface area is 143 Å². The molecule has 2 aromatic rings. The predicted molar refractivity (Wildman–Crippen MR) is 86.2 cm³/mol. The van der Waals surface area contributed by atoms with E-state index < -0.39 is 24.1 Å². The Bertz CT molecular complexity index is 822. The number of nitrogens with zero attached hydrogens (tertiary/aromatic N) is 4. The fourth-order valence-electron chi connectivity index (χ4n) is 4.20. The van der Waals surface area contributed by atoms with Gasteiger partial charge in [0.1, 0.15) is 11.2 Å². The highest BCUT2D eigenvalue weighted by molar-refractivity contribution is 5.98. The number of hydrogen-bond donors (Lipinski definition) is 1. The second kappa shape index (κ2) is 6.01. The third-order valence-corrected chi connectivity index (χ3v) is 5.55. The zero-order valence-electron chi connectivity index (χ0n) is 13.9. The number of amides is 1. The van der Waals surface area contributed by atoms with Crippen LogP contribution in [0.25, 0.3) is 11.0 Å². The van der Waals surface area contributed by atoms with Crippen LogP contribution in [0, 0.1) is 11.8 Å². The molecule has 2 fully saturated rings. The van der Waals surface area contributed by atoms with E-state index in [1.807, 2.05) is 0 Å². The van der Waals surface area contributed by atoms with E-state index in [0.717, 1.165) is 19.3 Å². The first kappa shape index (κ1) is 16.4. The van der Waals surface area contributed by atoms with E-state index in [1.54, 1.807) is 11.9 Å². The minimum atomic E-state index is -2.83. The van der Waals surface area contributed by atoms with E-state index in [1.165, 1.54) is 16.9 Å². The summed E-state index contributed by atoms with van der Waals surface area (Å²) in [5, 5.41) is 14.2. The van der Waals surface area contributed by atoms with Crippen molar-refractivity contribution < 1.29 is 18.7 Å². The minimum Gasteiger partial charge on any atom is -0.393 e. The number of pyridine rings is 1. The summed E-state index contributed by atoms with van der Waals surface area (Å²) in [5.74, 6) is -0.148. The van der Waals surface area contributed by atoms with Crippen LogP contribution in [0.2, 0.25) is 0 Å². The summed E-state index contributed by atoms with van der Waals surface area (Å²) in [6.07, 6.45) is 0.814. The average molecular weight is 350 g/mol. The lowest BCUT2D eigenvalue weighted by atomic mass is 9.80. The molecule has 25 heavy (non-hydrogen) atoms. The van der Waals surface area contributed by atoms with Crippen molar-refractivity contribution in [2.24, 2.45) is 18.9 Å². The van der Waals surface area contributed by atoms with Crippen molar-refractivity contribution in [3.63, 3.8) is 0 Å². The average Bonchev–Trinajstić information content (AvgIpc) is 3.18. The van der Waals surface area contributed by atoms with E-state index >= 15 is 0 Å². The first-order valence-electron chi connectivity index (χ1n) is 8.54. The molecule has 3 atom stereocenters. The monoisotopic (exact) mass is 350 g/mol. The van der Waals surface area contributed by atoms with E-state index in [4.69, 9.17) is 0 Å². The fraction of sp³-hybridized carbons (Fsp3) is 0.588. The quantitative estimate of drug-likeness (QED) is 0.901. The minimum absolute atomic E-state index is 0.0427. The summed E-state index contributed by atoms with van der Waals surface area (Å²) in [6, 6.07) is 1.46. The van der Waals surface area contributed by atoms with Gasteiger partial charge in [-0.25, -0.2) is 13.8 Å². The van der Waals surface area contributed by atoms with Crippen molar-refractivity contribution >= 4 is 16.9 Å². The van der Waals surface area contributed by atoms with Gasteiger partial charge in [-0.2, -0.15) is 5.10 Å². The van der Waals surface area contributed by atoms with Crippen LogP contribution in [0.1, 0.15) is 41.7 Å². The largest absolute Gasteiger partial charge is 0.393 e. The van der Waals surface area contributed by atoms with Gasteiger partial charge in [-0.3, -0.25) is 9.48 Å². The van der Waals surface area contributed by atoms with Crippen molar-refractivity contribution in [1.82, 2.24) is 19.7 Å². The number of alkyl halides is 2. The van der Waals surface area contributed by atoms with Crippen molar-refractivity contribution in [2.75, 3.05) is 13.1 Å². The molecule has 1 saturated heterocycles. The number of aromatic nitrogens is 3. The summed E-state index contributed by atoms with van der Waals surface area (Å²) in [4.78, 5) is 18.5. The number of aliphatic hydroxyl groups excluding tert-OH is 1. The normalized spacial score (nSPS) is 26.4. The molecule has 0 radical (unpaired) electrons. The van der Waals surface area contributed by atoms with Gasteiger partial charge in [0.2, 0.25) is 0 Å². The zero-order chi connectivity index (χ0) is 17.7. The number of aliphatic hydroxyl groups is 1. The van der Waals surface area contributed by atoms with E-state index in [-0.39, 0.29) is 17.4 Å². The van der Waals surface area contributed by atoms with Gasteiger partial charge in [0.25, 0.3) is 12.3 Å². The van der Waals surface area contributed by atoms with Crippen LogP contribution < -0.4 is 0 Å². The topological polar surface area (TPSA) is 71.2 Å². The molecule has 8 heteroatoms. The number of fused-ring (bicyclic) bond motifs is 2. The molecule has 134 valence electrons. The number of aryl methyl sites for hydroxylation is 1. The summed E-state index contributed by atoms with van der Waals surface area (Å²) in [5.41, 5.74) is 0.324. The van der Waals surface area contributed by atoms with Crippen molar-refractivity contribution in [1.29, 1.82) is 0 Å². The Hall–Kier alpha value is -2.09. The Morgan fingerprint density at radius 2 is 2.16 bits per heavy atom. The highest BCUT2D eigenvalue weighted by atomic mass is 19.3. The van der Waals surface area contributed by atoms with E-state index in [2.05, 4.69) is 10.1 Å². The predicted octanol–water partition coefficient (Wildman–Crippen LogP) is 2.14. The molecule has 1 saturated carbocycles. The number of hydrogen-bond acceptors (Lipinski definition) is 4. The third-order valence-electron chi connectivity index (χ3n) is 5.55. The summed E-state index contributed by atoms with van der Waals surface area (Å²) >= 11 is 0. The zero-order valence-corrected chi connectivity index (χ0v) is 13.9. The third kappa shape index (κ3) is 2.68. The van der Waals surface area contributed by atoms with Gasteiger partial charge in [0.05, 0.1) is 23.4 Å². The first-order valence-corrected chi connectivity index (χ1v) is 8.54. The van der Waals surface area contributed by atoms with Gasteiger partial charge in [-0.15, -0.1) is 0 Å². The van der Waals surface area contributed by atoms with Gasteiger partial charge in [0.15, 0.2) is 0 Å². The molecular formula is C17H20F2N4O2. The van der Waals surface area contributed by atoms with Crippen LogP contribution in [-0.4, -0.2) is 49.9 Å². The molecule has 1 amide bonds. The highest BCUT2D eigenvalue weighted by Gasteiger charge is 2.42. The molecule has 0 aromatic carbocycles.